The predicted octanol–water partition coefficient (Wildman–Crippen LogP) is 1.98. The van der Waals surface area contributed by atoms with E-state index in [1.165, 1.54) is 18.2 Å². The molecule has 1 amide bonds. The maximum Gasteiger partial charge on any atom is 0.252 e. The summed E-state index contributed by atoms with van der Waals surface area (Å²) in [6.45, 7) is 0.531. The molecule has 16 heavy (non-hydrogen) atoms. The number of hydrogen-bond donors (Lipinski definition) is 2. The molecule has 0 radical (unpaired) electrons. The molecule has 1 rings (SSSR count). The fourth-order valence-electron chi connectivity index (χ4n) is 1.21. The molecule has 0 fully saturated rings. The molecule has 0 saturated carbocycles. The molecule has 0 spiro atoms. The van der Waals surface area contributed by atoms with Crippen LogP contribution in [0.15, 0.2) is 18.2 Å². The van der Waals surface area contributed by atoms with E-state index < -0.39 is 11.7 Å². The molecule has 0 bridgehead atoms. The van der Waals surface area contributed by atoms with Crippen molar-refractivity contribution in [3.63, 3.8) is 0 Å². The van der Waals surface area contributed by atoms with Crippen molar-refractivity contribution in [2.24, 2.45) is 0 Å². The van der Waals surface area contributed by atoms with Crippen LogP contribution in [0.4, 0.5) is 4.39 Å². The number of benzene rings is 1. The lowest BCUT2D eigenvalue weighted by molar-refractivity contribution is 0.0952. The minimum Gasteiger partial charge on any atom is -0.396 e. The van der Waals surface area contributed by atoms with Crippen molar-refractivity contribution in [1.29, 1.82) is 0 Å². The smallest absolute Gasteiger partial charge is 0.252 e. The van der Waals surface area contributed by atoms with Gasteiger partial charge in [0.05, 0.1) is 10.6 Å². The molecule has 2 N–H and O–H groups in total. The van der Waals surface area contributed by atoms with E-state index >= 15 is 0 Å². The summed E-state index contributed by atoms with van der Waals surface area (Å²) < 4.78 is 13.0. The van der Waals surface area contributed by atoms with Gasteiger partial charge in [0.15, 0.2) is 0 Å². The molecule has 5 heteroatoms. The van der Waals surface area contributed by atoms with Gasteiger partial charge in [0.25, 0.3) is 5.91 Å². The van der Waals surface area contributed by atoms with Crippen molar-refractivity contribution in [2.75, 3.05) is 13.2 Å². The third-order valence-corrected chi connectivity index (χ3v) is 2.45. The van der Waals surface area contributed by atoms with Crippen LogP contribution in [0.25, 0.3) is 0 Å². The summed E-state index contributed by atoms with van der Waals surface area (Å²) in [5.74, 6) is -1.01. The molecule has 0 heterocycles. The highest BCUT2D eigenvalue weighted by Gasteiger charge is 2.12. The number of carbonyl (C=O) groups excluding carboxylic acids is 1. The Bertz CT molecular complexity index is 371. The minimum atomic E-state index is -0.607. The van der Waals surface area contributed by atoms with Crippen LogP contribution >= 0.6 is 11.6 Å². The molecule has 3 nitrogen and oxygen atoms in total. The van der Waals surface area contributed by atoms with Gasteiger partial charge in [-0.25, -0.2) is 4.39 Å². The van der Waals surface area contributed by atoms with Gasteiger partial charge in [0.2, 0.25) is 0 Å². The highest BCUT2D eigenvalue weighted by atomic mass is 35.5. The Hall–Kier alpha value is -1.13. The second kappa shape index (κ2) is 6.45. The fraction of sp³-hybridized carbons (Fsp3) is 0.364. The first-order valence-corrected chi connectivity index (χ1v) is 5.37. The van der Waals surface area contributed by atoms with Gasteiger partial charge in [0.1, 0.15) is 5.82 Å². The van der Waals surface area contributed by atoms with E-state index in [0.29, 0.717) is 19.4 Å². The zero-order valence-corrected chi connectivity index (χ0v) is 9.43. The molecular formula is C11H13ClFNO2. The summed E-state index contributed by atoms with van der Waals surface area (Å²) in [7, 11) is 0. The van der Waals surface area contributed by atoms with Crippen LogP contribution in [0.3, 0.4) is 0 Å². The number of aliphatic hydroxyl groups excluding tert-OH is 1. The Labute approximate surface area is 98.2 Å². The average Bonchev–Trinajstić information content (AvgIpc) is 2.28. The average molecular weight is 246 g/mol. The number of halogens is 2. The second-order valence-corrected chi connectivity index (χ2v) is 3.67. The van der Waals surface area contributed by atoms with Gasteiger partial charge in [-0.15, -0.1) is 0 Å². The van der Waals surface area contributed by atoms with E-state index in [1.807, 2.05) is 0 Å². The summed E-state index contributed by atoms with van der Waals surface area (Å²) in [4.78, 5) is 11.6. The number of amides is 1. The largest absolute Gasteiger partial charge is 0.396 e. The van der Waals surface area contributed by atoms with Gasteiger partial charge in [-0.05, 0) is 25.0 Å². The zero-order chi connectivity index (χ0) is 12.0. The number of carbonyl (C=O) groups is 1. The monoisotopic (exact) mass is 245 g/mol. The predicted molar refractivity (Wildman–Crippen MR) is 60.1 cm³/mol. The molecule has 0 aromatic heterocycles. The lowest BCUT2D eigenvalue weighted by Gasteiger charge is -2.06. The van der Waals surface area contributed by atoms with E-state index in [1.54, 1.807) is 0 Å². The molecule has 0 atom stereocenters. The molecule has 0 unspecified atom stereocenters. The number of nitrogens with one attached hydrogen (secondary N) is 1. The fourth-order valence-corrected chi connectivity index (χ4v) is 1.42. The van der Waals surface area contributed by atoms with E-state index in [-0.39, 0.29) is 17.2 Å². The van der Waals surface area contributed by atoms with E-state index in [9.17, 15) is 9.18 Å². The maximum atomic E-state index is 13.0. The van der Waals surface area contributed by atoms with Crippen LogP contribution in [0.2, 0.25) is 5.02 Å². The zero-order valence-electron chi connectivity index (χ0n) is 8.67. The van der Waals surface area contributed by atoms with Gasteiger partial charge in [-0.3, -0.25) is 4.79 Å². The molecule has 1 aromatic carbocycles. The Morgan fingerprint density at radius 1 is 1.44 bits per heavy atom. The van der Waals surface area contributed by atoms with Gasteiger partial charge >= 0.3 is 0 Å². The molecular weight excluding hydrogens is 233 g/mol. The van der Waals surface area contributed by atoms with Crippen molar-refractivity contribution >= 4 is 17.5 Å². The van der Waals surface area contributed by atoms with Crippen LogP contribution in [-0.2, 0) is 0 Å². The number of aliphatic hydroxyl groups is 1. The van der Waals surface area contributed by atoms with Crippen LogP contribution < -0.4 is 5.32 Å². The minimum absolute atomic E-state index is 0.0938. The van der Waals surface area contributed by atoms with Gasteiger partial charge in [-0.2, -0.15) is 0 Å². The summed E-state index contributed by atoms with van der Waals surface area (Å²) in [5.41, 5.74) is 0.130. The number of hydrogen-bond acceptors (Lipinski definition) is 2. The molecule has 0 aliphatic heterocycles. The Morgan fingerprint density at radius 3 is 2.88 bits per heavy atom. The molecule has 0 aliphatic rings. The Morgan fingerprint density at radius 2 is 2.19 bits per heavy atom. The van der Waals surface area contributed by atoms with Crippen molar-refractivity contribution in [2.45, 2.75) is 12.8 Å². The molecule has 0 aliphatic carbocycles. The standard InChI is InChI=1S/C11H13ClFNO2/c12-10-8(4-3-5-9(10)13)11(16)14-6-1-2-7-15/h3-5,15H,1-2,6-7H2,(H,14,16). The van der Waals surface area contributed by atoms with Crippen LogP contribution in [0.5, 0.6) is 0 Å². The van der Waals surface area contributed by atoms with E-state index in [2.05, 4.69) is 5.32 Å². The van der Waals surface area contributed by atoms with Gasteiger partial charge in [-0.1, -0.05) is 17.7 Å². The van der Waals surface area contributed by atoms with Crippen molar-refractivity contribution in [3.8, 4) is 0 Å². The first-order valence-electron chi connectivity index (χ1n) is 5.00. The van der Waals surface area contributed by atoms with Gasteiger partial charge in [0, 0.05) is 13.2 Å². The first-order chi connectivity index (χ1) is 7.66. The summed E-state index contributed by atoms with van der Waals surface area (Å²) in [6.07, 6.45) is 1.30. The third kappa shape index (κ3) is 3.47. The highest BCUT2D eigenvalue weighted by molar-refractivity contribution is 6.34. The highest BCUT2D eigenvalue weighted by Crippen LogP contribution is 2.19. The topological polar surface area (TPSA) is 49.3 Å². The van der Waals surface area contributed by atoms with E-state index in [0.717, 1.165) is 0 Å². The second-order valence-electron chi connectivity index (χ2n) is 3.29. The van der Waals surface area contributed by atoms with Crippen LogP contribution in [0.1, 0.15) is 23.2 Å². The van der Waals surface area contributed by atoms with Crippen molar-refractivity contribution in [3.05, 3.63) is 34.6 Å². The summed E-state index contributed by atoms with van der Waals surface area (Å²) >= 11 is 5.65. The Balaban J connectivity index is 2.56. The summed E-state index contributed by atoms with van der Waals surface area (Å²) in [6, 6.07) is 4.10. The lowest BCUT2D eigenvalue weighted by atomic mass is 10.2. The molecule has 0 saturated heterocycles. The quantitative estimate of drug-likeness (QED) is 0.780. The Kier molecular flexibility index (Phi) is 5.22. The van der Waals surface area contributed by atoms with E-state index in [4.69, 9.17) is 16.7 Å². The van der Waals surface area contributed by atoms with Gasteiger partial charge < -0.3 is 10.4 Å². The maximum absolute atomic E-state index is 13.0. The normalized spacial score (nSPS) is 10.2. The lowest BCUT2D eigenvalue weighted by Crippen LogP contribution is -2.25. The van der Waals surface area contributed by atoms with Crippen LogP contribution in [0, 0.1) is 5.82 Å². The molecule has 1 aromatic rings. The van der Waals surface area contributed by atoms with Crippen LogP contribution in [-0.4, -0.2) is 24.2 Å². The molecule has 88 valence electrons. The summed E-state index contributed by atoms with van der Waals surface area (Å²) in [5, 5.41) is 11.0. The number of rotatable bonds is 5. The van der Waals surface area contributed by atoms with Crippen molar-refractivity contribution in [1.82, 2.24) is 5.32 Å². The SMILES string of the molecule is O=C(NCCCCO)c1cccc(F)c1Cl. The third-order valence-electron chi connectivity index (χ3n) is 2.07. The van der Waals surface area contributed by atoms with Crippen molar-refractivity contribution < 1.29 is 14.3 Å². The first kappa shape index (κ1) is 12.9. The number of unbranched alkanes of at least 4 members (excludes halogenated alkanes) is 1.